The summed E-state index contributed by atoms with van der Waals surface area (Å²) >= 11 is 6.16. The maximum atomic E-state index is 10.9. The van der Waals surface area contributed by atoms with E-state index in [1.807, 2.05) is 36.5 Å². The minimum atomic E-state index is -0.997. The Kier molecular flexibility index (Phi) is 3.46. The Morgan fingerprint density at radius 2 is 1.90 bits per heavy atom. The zero-order valence-corrected chi connectivity index (χ0v) is 11.7. The zero-order chi connectivity index (χ0) is 14.8. The molecule has 0 atom stereocenters. The van der Waals surface area contributed by atoms with Crippen molar-refractivity contribution >= 4 is 17.6 Å². The van der Waals surface area contributed by atoms with Gasteiger partial charge in [-0.25, -0.2) is 9.48 Å². The highest BCUT2D eigenvalue weighted by molar-refractivity contribution is 6.33. The van der Waals surface area contributed by atoms with E-state index in [0.717, 1.165) is 16.8 Å². The van der Waals surface area contributed by atoms with Crippen LogP contribution in [-0.4, -0.2) is 20.9 Å². The van der Waals surface area contributed by atoms with Crippen molar-refractivity contribution in [1.29, 1.82) is 0 Å². The van der Waals surface area contributed by atoms with Crippen molar-refractivity contribution in [3.8, 4) is 16.8 Å². The van der Waals surface area contributed by atoms with Gasteiger partial charge in [0.2, 0.25) is 0 Å². The molecule has 0 aliphatic heterocycles. The lowest BCUT2D eigenvalue weighted by Gasteiger charge is -2.03. The predicted molar refractivity (Wildman–Crippen MR) is 81.0 cm³/mol. The number of para-hydroxylation sites is 1. The third-order valence-corrected chi connectivity index (χ3v) is 3.44. The van der Waals surface area contributed by atoms with Crippen LogP contribution in [0.5, 0.6) is 0 Å². The molecule has 1 N–H and O–H groups in total. The summed E-state index contributed by atoms with van der Waals surface area (Å²) in [6.07, 6.45) is 3.56. The number of carbonyl (C=O) groups is 1. The summed E-state index contributed by atoms with van der Waals surface area (Å²) in [5, 5.41) is 13.6. The summed E-state index contributed by atoms with van der Waals surface area (Å²) < 4.78 is 1.75. The van der Waals surface area contributed by atoms with Gasteiger partial charge in [-0.05, 0) is 24.3 Å². The fourth-order valence-electron chi connectivity index (χ4n) is 2.07. The summed E-state index contributed by atoms with van der Waals surface area (Å²) in [6, 6.07) is 14.4. The maximum absolute atomic E-state index is 10.9. The normalized spacial score (nSPS) is 10.5. The quantitative estimate of drug-likeness (QED) is 0.798. The molecule has 0 radical (unpaired) electrons. The largest absolute Gasteiger partial charge is 0.478 e. The molecule has 0 fully saturated rings. The lowest BCUT2D eigenvalue weighted by atomic mass is 10.1. The molecule has 0 amide bonds. The van der Waals surface area contributed by atoms with Crippen molar-refractivity contribution in [2.75, 3.05) is 0 Å². The highest BCUT2D eigenvalue weighted by Gasteiger charge is 2.10. The van der Waals surface area contributed by atoms with Crippen LogP contribution in [0.1, 0.15) is 10.4 Å². The monoisotopic (exact) mass is 298 g/mol. The molecule has 0 saturated heterocycles. The van der Waals surface area contributed by atoms with Crippen molar-refractivity contribution < 1.29 is 9.90 Å². The smallest absolute Gasteiger partial charge is 0.335 e. The van der Waals surface area contributed by atoms with Crippen LogP contribution in [0.4, 0.5) is 0 Å². The lowest BCUT2D eigenvalue weighted by molar-refractivity contribution is 0.0697. The van der Waals surface area contributed by atoms with E-state index >= 15 is 0 Å². The van der Waals surface area contributed by atoms with Crippen LogP contribution < -0.4 is 0 Å². The fourth-order valence-corrected chi connectivity index (χ4v) is 2.36. The van der Waals surface area contributed by atoms with Gasteiger partial charge in [-0.1, -0.05) is 35.9 Å². The molecule has 3 rings (SSSR count). The van der Waals surface area contributed by atoms with Crippen molar-refractivity contribution in [1.82, 2.24) is 9.78 Å². The van der Waals surface area contributed by atoms with Crippen LogP contribution in [0.2, 0.25) is 5.02 Å². The maximum Gasteiger partial charge on any atom is 0.335 e. The summed E-state index contributed by atoms with van der Waals surface area (Å²) in [7, 11) is 0. The first-order chi connectivity index (χ1) is 10.1. The Hall–Kier alpha value is -2.59. The summed E-state index contributed by atoms with van der Waals surface area (Å²) in [5.41, 5.74) is 2.70. The molecular weight excluding hydrogens is 288 g/mol. The molecule has 0 saturated carbocycles. The van der Waals surface area contributed by atoms with Gasteiger partial charge in [0.25, 0.3) is 0 Å². The Bertz CT molecular complexity index is 797. The SMILES string of the molecule is O=C(O)c1ccc(-c2cnn(-c3ccccc3)c2)c(Cl)c1. The Morgan fingerprint density at radius 1 is 1.14 bits per heavy atom. The van der Waals surface area contributed by atoms with Crippen LogP contribution in [-0.2, 0) is 0 Å². The molecule has 0 aliphatic rings. The Balaban J connectivity index is 1.99. The number of carboxylic acids is 1. The number of benzene rings is 2. The van der Waals surface area contributed by atoms with Gasteiger partial charge in [-0.2, -0.15) is 5.10 Å². The van der Waals surface area contributed by atoms with Crippen LogP contribution in [0.3, 0.4) is 0 Å². The van der Waals surface area contributed by atoms with Gasteiger partial charge in [-0.3, -0.25) is 0 Å². The predicted octanol–water partition coefficient (Wildman–Crippen LogP) is 3.89. The topological polar surface area (TPSA) is 55.1 Å². The first-order valence-electron chi connectivity index (χ1n) is 6.28. The summed E-state index contributed by atoms with van der Waals surface area (Å²) in [5.74, 6) is -0.997. The fraction of sp³-hybridized carbons (Fsp3) is 0. The van der Waals surface area contributed by atoms with Crippen molar-refractivity contribution in [3.05, 3.63) is 71.5 Å². The van der Waals surface area contributed by atoms with E-state index in [1.54, 1.807) is 16.9 Å². The van der Waals surface area contributed by atoms with E-state index in [9.17, 15) is 4.79 Å². The highest BCUT2D eigenvalue weighted by Crippen LogP contribution is 2.29. The van der Waals surface area contributed by atoms with Crippen LogP contribution in [0.25, 0.3) is 16.8 Å². The number of aromatic nitrogens is 2. The van der Waals surface area contributed by atoms with Crippen molar-refractivity contribution in [2.45, 2.75) is 0 Å². The molecule has 3 aromatic rings. The number of hydrogen-bond donors (Lipinski definition) is 1. The van der Waals surface area contributed by atoms with Gasteiger partial charge in [-0.15, -0.1) is 0 Å². The van der Waals surface area contributed by atoms with E-state index in [0.29, 0.717) is 5.02 Å². The van der Waals surface area contributed by atoms with Crippen LogP contribution in [0.15, 0.2) is 60.9 Å². The molecule has 4 nitrogen and oxygen atoms in total. The van der Waals surface area contributed by atoms with Gasteiger partial charge in [0.05, 0.1) is 17.4 Å². The molecule has 104 valence electrons. The van der Waals surface area contributed by atoms with Crippen molar-refractivity contribution in [3.63, 3.8) is 0 Å². The molecule has 0 spiro atoms. The molecule has 1 heterocycles. The number of carboxylic acid groups (broad SMARTS) is 1. The summed E-state index contributed by atoms with van der Waals surface area (Å²) in [4.78, 5) is 10.9. The zero-order valence-electron chi connectivity index (χ0n) is 10.9. The lowest BCUT2D eigenvalue weighted by Crippen LogP contribution is -1.95. The molecule has 0 unspecified atom stereocenters. The molecule has 5 heteroatoms. The third kappa shape index (κ3) is 2.66. The first kappa shape index (κ1) is 13.4. The van der Waals surface area contributed by atoms with Gasteiger partial charge in [0, 0.05) is 22.3 Å². The van der Waals surface area contributed by atoms with E-state index in [4.69, 9.17) is 16.7 Å². The van der Waals surface area contributed by atoms with Crippen molar-refractivity contribution in [2.24, 2.45) is 0 Å². The number of halogens is 1. The first-order valence-corrected chi connectivity index (χ1v) is 6.66. The van der Waals surface area contributed by atoms with E-state index in [1.165, 1.54) is 12.1 Å². The second-order valence-electron chi connectivity index (χ2n) is 4.51. The third-order valence-electron chi connectivity index (χ3n) is 3.13. The van der Waals surface area contributed by atoms with Gasteiger partial charge in [0.15, 0.2) is 0 Å². The molecule has 1 aromatic heterocycles. The highest BCUT2D eigenvalue weighted by atomic mass is 35.5. The number of nitrogens with zero attached hydrogens (tertiary/aromatic N) is 2. The molecular formula is C16H11ClN2O2. The summed E-state index contributed by atoms with van der Waals surface area (Å²) in [6.45, 7) is 0. The van der Waals surface area contributed by atoms with Gasteiger partial charge in [0.1, 0.15) is 0 Å². The second kappa shape index (κ2) is 5.42. The van der Waals surface area contributed by atoms with E-state index in [2.05, 4.69) is 5.10 Å². The van der Waals surface area contributed by atoms with Gasteiger partial charge < -0.3 is 5.11 Å². The van der Waals surface area contributed by atoms with Crippen LogP contribution >= 0.6 is 11.6 Å². The molecule has 0 bridgehead atoms. The van der Waals surface area contributed by atoms with E-state index in [-0.39, 0.29) is 5.56 Å². The number of hydrogen-bond acceptors (Lipinski definition) is 2. The molecule has 21 heavy (non-hydrogen) atoms. The number of rotatable bonds is 3. The molecule has 2 aromatic carbocycles. The van der Waals surface area contributed by atoms with Gasteiger partial charge >= 0.3 is 5.97 Å². The number of aromatic carboxylic acids is 1. The van der Waals surface area contributed by atoms with E-state index < -0.39 is 5.97 Å². The average molecular weight is 299 g/mol. The minimum Gasteiger partial charge on any atom is -0.478 e. The van der Waals surface area contributed by atoms with Crippen LogP contribution in [0, 0.1) is 0 Å². The Morgan fingerprint density at radius 3 is 2.57 bits per heavy atom. The Labute approximate surface area is 126 Å². The second-order valence-corrected chi connectivity index (χ2v) is 4.92. The minimum absolute atomic E-state index is 0.166. The standard InChI is InChI=1S/C16H11ClN2O2/c17-15-8-11(16(20)21)6-7-14(15)12-9-18-19(10-12)13-4-2-1-3-5-13/h1-10H,(H,20,21). The average Bonchev–Trinajstić information content (AvgIpc) is 2.97. The molecule has 0 aliphatic carbocycles.